The molecule has 0 spiro atoms. The highest BCUT2D eigenvalue weighted by atomic mass is 14.2. The third-order valence-electron chi connectivity index (χ3n) is 3.11. The van der Waals surface area contributed by atoms with Gasteiger partial charge in [0.05, 0.1) is 0 Å². The van der Waals surface area contributed by atoms with E-state index in [0.29, 0.717) is 0 Å². The summed E-state index contributed by atoms with van der Waals surface area (Å²) in [6.45, 7) is 4.65. The largest absolute Gasteiger partial charge is 0.0651 e. The van der Waals surface area contributed by atoms with Crippen LogP contribution in [0.1, 0.15) is 58.8 Å². The van der Waals surface area contributed by atoms with Gasteiger partial charge in [-0.25, -0.2) is 0 Å². The Morgan fingerprint density at radius 1 is 1.33 bits per heavy atom. The van der Waals surface area contributed by atoms with Crippen molar-refractivity contribution in [2.24, 2.45) is 11.8 Å². The van der Waals surface area contributed by atoms with E-state index in [-0.39, 0.29) is 0 Å². The first-order valence-electron chi connectivity index (χ1n) is 5.64. The molecule has 1 fully saturated rings. The fourth-order valence-electron chi connectivity index (χ4n) is 2.38. The van der Waals surface area contributed by atoms with Crippen LogP contribution < -0.4 is 0 Å². The van der Waals surface area contributed by atoms with Crippen molar-refractivity contribution < 1.29 is 0 Å². The van der Waals surface area contributed by atoms with Crippen LogP contribution in [0.4, 0.5) is 0 Å². The third-order valence-corrected chi connectivity index (χ3v) is 3.11. The number of hydrogen-bond donors (Lipinski definition) is 0. The molecule has 2 unspecified atom stereocenters. The zero-order valence-electron chi connectivity index (χ0n) is 8.68. The molecule has 0 aromatic rings. The summed E-state index contributed by atoms with van der Waals surface area (Å²) in [6, 6.07) is 0. The highest BCUT2D eigenvalue weighted by Crippen LogP contribution is 2.31. The first kappa shape index (κ1) is 10.1. The minimum absolute atomic E-state index is 1.00. The Morgan fingerprint density at radius 3 is 2.83 bits per heavy atom. The summed E-state index contributed by atoms with van der Waals surface area (Å²) in [5.41, 5.74) is 0. The van der Waals surface area contributed by atoms with Gasteiger partial charge in [-0.3, -0.25) is 0 Å². The summed E-state index contributed by atoms with van der Waals surface area (Å²) in [4.78, 5) is 0. The fraction of sp³-hybridized carbons (Fsp3) is 0.917. The number of rotatable bonds is 4. The van der Waals surface area contributed by atoms with E-state index >= 15 is 0 Å². The maximum atomic E-state index is 2.43. The smallest absolute Gasteiger partial charge is 0.0388 e. The topological polar surface area (TPSA) is 0 Å². The van der Waals surface area contributed by atoms with Gasteiger partial charge in [-0.1, -0.05) is 46.0 Å². The van der Waals surface area contributed by atoms with Crippen LogP contribution in [0.25, 0.3) is 0 Å². The minimum atomic E-state index is 1.00. The van der Waals surface area contributed by atoms with Crippen molar-refractivity contribution in [1.29, 1.82) is 0 Å². The minimum Gasteiger partial charge on any atom is -0.0651 e. The van der Waals surface area contributed by atoms with Gasteiger partial charge in [0.2, 0.25) is 0 Å². The molecule has 1 saturated carbocycles. The van der Waals surface area contributed by atoms with E-state index < -0.39 is 0 Å². The molecule has 1 aliphatic rings. The summed E-state index contributed by atoms with van der Waals surface area (Å²) in [7, 11) is 0. The molecule has 0 aliphatic heterocycles. The van der Waals surface area contributed by atoms with Gasteiger partial charge >= 0.3 is 0 Å². The van der Waals surface area contributed by atoms with E-state index in [0.717, 1.165) is 11.8 Å². The van der Waals surface area contributed by atoms with Crippen LogP contribution in [-0.4, -0.2) is 0 Å². The highest BCUT2D eigenvalue weighted by Gasteiger charge is 2.17. The molecule has 0 heterocycles. The van der Waals surface area contributed by atoms with Crippen molar-refractivity contribution in [3.05, 3.63) is 6.42 Å². The van der Waals surface area contributed by atoms with Crippen molar-refractivity contribution in [2.75, 3.05) is 0 Å². The molecule has 2 atom stereocenters. The van der Waals surface area contributed by atoms with E-state index in [1.54, 1.807) is 0 Å². The van der Waals surface area contributed by atoms with Gasteiger partial charge in [-0.15, -0.1) is 0 Å². The molecule has 0 nitrogen and oxygen atoms in total. The van der Waals surface area contributed by atoms with E-state index in [1.165, 1.54) is 44.9 Å². The van der Waals surface area contributed by atoms with Gasteiger partial charge in [-0.2, -0.15) is 0 Å². The van der Waals surface area contributed by atoms with Crippen LogP contribution in [0.3, 0.4) is 0 Å². The summed E-state index contributed by atoms with van der Waals surface area (Å²) >= 11 is 0. The van der Waals surface area contributed by atoms with Crippen molar-refractivity contribution in [3.8, 4) is 0 Å². The number of unbranched alkanes of at least 4 members (excludes halogenated alkanes) is 2. The molecule has 0 N–H and O–H groups in total. The van der Waals surface area contributed by atoms with E-state index in [4.69, 9.17) is 0 Å². The van der Waals surface area contributed by atoms with Crippen LogP contribution >= 0.6 is 0 Å². The molecule has 12 heavy (non-hydrogen) atoms. The zero-order chi connectivity index (χ0) is 8.81. The molecule has 0 aromatic heterocycles. The third kappa shape index (κ3) is 3.60. The molecule has 0 heteroatoms. The first-order valence-corrected chi connectivity index (χ1v) is 5.64. The van der Waals surface area contributed by atoms with Crippen LogP contribution in [0, 0.1) is 18.3 Å². The van der Waals surface area contributed by atoms with Crippen molar-refractivity contribution in [2.45, 2.75) is 58.8 Å². The Morgan fingerprint density at radius 2 is 2.17 bits per heavy atom. The predicted molar refractivity (Wildman–Crippen MR) is 54.9 cm³/mol. The fourth-order valence-corrected chi connectivity index (χ4v) is 2.38. The Bertz CT molecular complexity index is 107. The average molecular weight is 167 g/mol. The van der Waals surface area contributed by atoms with Gasteiger partial charge in [0.1, 0.15) is 0 Å². The lowest BCUT2D eigenvalue weighted by Crippen LogP contribution is -2.12. The first-order chi connectivity index (χ1) is 5.83. The second-order valence-corrected chi connectivity index (χ2v) is 4.41. The van der Waals surface area contributed by atoms with E-state index in [2.05, 4.69) is 20.3 Å². The van der Waals surface area contributed by atoms with Gasteiger partial charge in [0.15, 0.2) is 0 Å². The lowest BCUT2D eigenvalue weighted by molar-refractivity contribution is 0.269. The standard InChI is InChI=1S/C12H23/c1-3-4-5-8-12-9-6-7-11(2)10-12/h4,11-12H,3,5-10H2,1-2H3. The highest BCUT2D eigenvalue weighted by molar-refractivity contribution is 4.73. The van der Waals surface area contributed by atoms with E-state index in [1.807, 2.05) is 0 Å². The Balaban J connectivity index is 2.06. The molecule has 1 rings (SSSR count). The van der Waals surface area contributed by atoms with Gasteiger partial charge in [0.25, 0.3) is 0 Å². The SMILES string of the molecule is CC[CH]CCC1CCCC(C)C1. The summed E-state index contributed by atoms with van der Waals surface area (Å²) in [5, 5.41) is 0. The molecular weight excluding hydrogens is 144 g/mol. The van der Waals surface area contributed by atoms with Gasteiger partial charge in [0, 0.05) is 0 Å². The number of hydrogen-bond acceptors (Lipinski definition) is 0. The molecule has 0 bridgehead atoms. The molecular formula is C12H23. The molecule has 0 aromatic carbocycles. The second kappa shape index (κ2) is 5.61. The van der Waals surface area contributed by atoms with Crippen LogP contribution in [0.5, 0.6) is 0 Å². The molecule has 0 amide bonds. The van der Waals surface area contributed by atoms with Crippen LogP contribution in [0.2, 0.25) is 0 Å². The monoisotopic (exact) mass is 167 g/mol. The quantitative estimate of drug-likeness (QED) is 0.550. The molecule has 1 aliphatic carbocycles. The lowest BCUT2D eigenvalue weighted by atomic mass is 9.80. The maximum Gasteiger partial charge on any atom is -0.0388 e. The molecule has 0 saturated heterocycles. The lowest BCUT2D eigenvalue weighted by Gasteiger charge is -2.26. The normalized spacial score (nSPS) is 30.5. The second-order valence-electron chi connectivity index (χ2n) is 4.41. The van der Waals surface area contributed by atoms with Crippen LogP contribution in [-0.2, 0) is 0 Å². The predicted octanol–water partition coefficient (Wildman–Crippen LogP) is 4.21. The van der Waals surface area contributed by atoms with Crippen LogP contribution in [0.15, 0.2) is 0 Å². The van der Waals surface area contributed by atoms with Crippen molar-refractivity contribution in [1.82, 2.24) is 0 Å². The average Bonchev–Trinajstić information content (AvgIpc) is 2.05. The Hall–Kier alpha value is 0. The Kier molecular flexibility index (Phi) is 4.72. The van der Waals surface area contributed by atoms with Gasteiger partial charge in [-0.05, 0) is 31.1 Å². The zero-order valence-corrected chi connectivity index (χ0v) is 8.68. The summed E-state index contributed by atoms with van der Waals surface area (Å²) in [5.74, 6) is 2.06. The molecule has 1 radical (unpaired) electrons. The van der Waals surface area contributed by atoms with Gasteiger partial charge < -0.3 is 0 Å². The maximum absolute atomic E-state index is 2.43. The van der Waals surface area contributed by atoms with Crippen molar-refractivity contribution in [3.63, 3.8) is 0 Å². The van der Waals surface area contributed by atoms with Crippen molar-refractivity contribution >= 4 is 0 Å². The summed E-state index contributed by atoms with van der Waals surface area (Å²) < 4.78 is 0. The Labute approximate surface area is 77.7 Å². The summed E-state index contributed by atoms with van der Waals surface area (Å²) in [6.07, 6.45) is 12.5. The van der Waals surface area contributed by atoms with E-state index in [9.17, 15) is 0 Å². The molecule has 71 valence electrons.